The van der Waals surface area contributed by atoms with Crippen LogP contribution in [0.25, 0.3) is 16.6 Å². The van der Waals surface area contributed by atoms with E-state index >= 15 is 0 Å². The molecule has 9 heteroatoms. The maximum Gasteiger partial charge on any atom is 0.103 e. The van der Waals surface area contributed by atoms with Crippen molar-refractivity contribution in [2.45, 2.75) is 17.1 Å². The SMILES string of the molecule is C[C@@H](Sc1cc(-c2cn[nH]c2)cn2ncc(C#N)c12)c1c(Cl)cncc1Cl. The summed E-state index contributed by atoms with van der Waals surface area (Å²) in [5, 5.41) is 21.6. The van der Waals surface area contributed by atoms with Crippen molar-refractivity contribution < 1.29 is 0 Å². The molecule has 4 aromatic rings. The molecule has 0 unspecified atom stereocenters. The quantitative estimate of drug-likeness (QED) is 0.466. The first-order valence-electron chi connectivity index (χ1n) is 7.94. The molecule has 4 aromatic heterocycles. The van der Waals surface area contributed by atoms with Crippen molar-refractivity contribution in [3.05, 3.63) is 64.4 Å². The van der Waals surface area contributed by atoms with Gasteiger partial charge in [0.2, 0.25) is 0 Å². The smallest absolute Gasteiger partial charge is 0.103 e. The van der Waals surface area contributed by atoms with Crippen LogP contribution >= 0.6 is 35.0 Å². The standard InChI is InChI=1S/C18H12Cl2N6S/c1-10(17-14(19)7-22-8-15(17)20)27-16-2-11(13-4-23-24-5-13)9-26-18(16)12(3-21)6-25-26/h2,4-10H,1H3,(H,23,24)/t10-/m1/s1. The lowest BCUT2D eigenvalue weighted by atomic mass is 10.1. The van der Waals surface area contributed by atoms with Crippen LogP contribution in [0.2, 0.25) is 10.0 Å². The van der Waals surface area contributed by atoms with E-state index in [1.165, 1.54) is 0 Å². The number of aromatic amines is 1. The van der Waals surface area contributed by atoms with Gasteiger partial charge in [-0.2, -0.15) is 15.5 Å². The molecule has 0 saturated carbocycles. The van der Waals surface area contributed by atoms with Gasteiger partial charge in [0.05, 0.1) is 33.5 Å². The number of thioether (sulfide) groups is 1. The van der Waals surface area contributed by atoms with E-state index < -0.39 is 0 Å². The molecule has 0 fully saturated rings. The molecule has 1 N–H and O–H groups in total. The third kappa shape index (κ3) is 3.28. The van der Waals surface area contributed by atoms with Gasteiger partial charge >= 0.3 is 0 Å². The van der Waals surface area contributed by atoms with Crippen molar-refractivity contribution in [3.8, 4) is 17.2 Å². The summed E-state index contributed by atoms with van der Waals surface area (Å²) in [5.74, 6) is 0. The number of aromatic nitrogens is 5. The number of H-pyrrole nitrogens is 1. The number of nitriles is 1. The van der Waals surface area contributed by atoms with Crippen LogP contribution in [0.5, 0.6) is 0 Å². The van der Waals surface area contributed by atoms with Crippen LogP contribution in [0.15, 0.2) is 48.1 Å². The number of hydrogen-bond acceptors (Lipinski definition) is 5. The summed E-state index contributed by atoms with van der Waals surface area (Å²) in [6.45, 7) is 2.02. The summed E-state index contributed by atoms with van der Waals surface area (Å²) >= 11 is 14.2. The first-order valence-corrected chi connectivity index (χ1v) is 9.58. The van der Waals surface area contributed by atoms with Gasteiger partial charge in [-0.05, 0) is 13.0 Å². The molecule has 0 radical (unpaired) electrons. The molecular formula is C18H12Cl2N6S. The first kappa shape index (κ1) is 17.9. The summed E-state index contributed by atoms with van der Waals surface area (Å²) < 4.78 is 1.71. The van der Waals surface area contributed by atoms with Crippen molar-refractivity contribution in [3.63, 3.8) is 0 Å². The Morgan fingerprint density at radius 1 is 1.19 bits per heavy atom. The molecule has 0 aliphatic rings. The van der Waals surface area contributed by atoms with Crippen molar-refractivity contribution in [1.82, 2.24) is 24.8 Å². The number of hydrogen-bond donors (Lipinski definition) is 1. The molecule has 6 nitrogen and oxygen atoms in total. The Kier molecular flexibility index (Phi) is 4.79. The summed E-state index contributed by atoms with van der Waals surface area (Å²) in [6, 6.07) is 4.22. The molecule has 0 spiro atoms. The predicted molar refractivity (Wildman–Crippen MR) is 106 cm³/mol. The Hall–Kier alpha value is -2.53. The van der Waals surface area contributed by atoms with Gasteiger partial charge < -0.3 is 0 Å². The molecule has 0 saturated heterocycles. The fourth-order valence-electron chi connectivity index (χ4n) is 2.88. The Bertz CT molecular complexity index is 1140. The minimum absolute atomic E-state index is 0.0576. The lowest BCUT2D eigenvalue weighted by Crippen LogP contribution is -1.96. The van der Waals surface area contributed by atoms with Crippen molar-refractivity contribution in [2.24, 2.45) is 0 Å². The van der Waals surface area contributed by atoms with Crippen LogP contribution in [0.3, 0.4) is 0 Å². The fourth-order valence-corrected chi connectivity index (χ4v) is 4.97. The van der Waals surface area contributed by atoms with Gasteiger partial charge in [-0.3, -0.25) is 10.1 Å². The van der Waals surface area contributed by atoms with Gasteiger partial charge in [-0.1, -0.05) is 23.2 Å². The molecular weight excluding hydrogens is 403 g/mol. The van der Waals surface area contributed by atoms with E-state index in [4.69, 9.17) is 23.2 Å². The third-order valence-corrected chi connectivity index (χ3v) is 5.89. The minimum atomic E-state index is -0.0576. The second kappa shape index (κ2) is 7.24. The van der Waals surface area contributed by atoms with Gasteiger partial charge in [0.1, 0.15) is 6.07 Å². The third-order valence-electron chi connectivity index (χ3n) is 4.13. The van der Waals surface area contributed by atoms with E-state index in [9.17, 15) is 5.26 Å². The highest BCUT2D eigenvalue weighted by Gasteiger charge is 2.19. The topological polar surface area (TPSA) is 82.7 Å². The van der Waals surface area contributed by atoms with Gasteiger partial charge in [0.15, 0.2) is 0 Å². The molecule has 27 heavy (non-hydrogen) atoms. The Balaban J connectivity index is 1.84. The van der Waals surface area contributed by atoms with E-state index in [2.05, 4.69) is 26.3 Å². The van der Waals surface area contributed by atoms with Crippen LogP contribution in [-0.2, 0) is 0 Å². The summed E-state index contributed by atoms with van der Waals surface area (Å²) in [7, 11) is 0. The molecule has 134 valence electrons. The Labute approximate surface area is 169 Å². The van der Waals surface area contributed by atoms with Crippen LogP contribution in [0, 0.1) is 11.3 Å². The van der Waals surface area contributed by atoms with E-state index in [-0.39, 0.29) is 5.25 Å². The van der Waals surface area contributed by atoms with Crippen molar-refractivity contribution in [2.75, 3.05) is 0 Å². The highest BCUT2D eigenvalue weighted by Crippen LogP contribution is 2.43. The van der Waals surface area contributed by atoms with Gasteiger partial charge in [0, 0.05) is 51.6 Å². The summed E-state index contributed by atoms with van der Waals surface area (Å²) in [5.41, 5.74) is 3.94. The number of fused-ring (bicyclic) bond motifs is 1. The molecule has 4 heterocycles. The largest absolute Gasteiger partial charge is 0.285 e. The van der Waals surface area contributed by atoms with E-state index in [1.807, 2.05) is 25.4 Å². The van der Waals surface area contributed by atoms with Crippen molar-refractivity contribution in [1.29, 1.82) is 5.26 Å². The molecule has 0 aliphatic carbocycles. The van der Waals surface area contributed by atoms with Gasteiger partial charge in [-0.25, -0.2) is 4.52 Å². The second-order valence-corrected chi connectivity index (χ2v) is 8.02. The lowest BCUT2D eigenvalue weighted by Gasteiger charge is -2.16. The van der Waals surface area contributed by atoms with Crippen LogP contribution in [-0.4, -0.2) is 24.8 Å². The first-order chi connectivity index (χ1) is 13.1. The van der Waals surface area contributed by atoms with E-state index in [0.29, 0.717) is 15.6 Å². The van der Waals surface area contributed by atoms with Crippen LogP contribution < -0.4 is 0 Å². The maximum absolute atomic E-state index is 9.46. The number of pyridine rings is 2. The molecule has 4 rings (SSSR count). The van der Waals surface area contributed by atoms with Crippen LogP contribution in [0.4, 0.5) is 0 Å². The fraction of sp³-hybridized carbons (Fsp3) is 0.111. The molecule has 1 atom stereocenters. The predicted octanol–water partition coefficient (Wildman–Crippen LogP) is 5.15. The zero-order chi connectivity index (χ0) is 19.0. The number of halogens is 2. The normalized spacial score (nSPS) is 12.2. The average Bonchev–Trinajstić information content (AvgIpc) is 3.31. The number of nitrogens with one attached hydrogen (secondary N) is 1. The average molecular weight is 415 g/mol. The molecule has 0 amide bonds. The number of nitrogens with zero attached hydrogens (tertiary/aromatic N) is 5. The van der Waals surface area contributed by atoms with E-state index in [0.717, 1.165) is 27.1 Å². The summed E-state index contributed by atoms with van der Waals surface area (Å²) in [6.07, 6.45) is 10.2. The molecule has 0 aromatic carbocycles. The van der Waals surface area contributed by atoms with E-state index in [1.54, 1.807) is 41.1 Å². The van der Waals surface area contributed by atoms with Crippen LogP contribution in [0.1, 0.15) is 23.3 Å². The lowest BCUT2D eigenvalue weighted by molar-refractivity contribution is 0.950. The minimum Gasteiger partial charge on any atom is -0.285 e. The highest BCUT2D eigenvalue weighted by molar-refractivity contribution is 7.99. The zero-order valence-electron chi connectivity index (χ0n) is 14.0. The van der Waals surface area contributed by atoms with Gasteiger partial charge in [0.25, 0.3) is 0 Å². The summed E-state index contributed by atoms with van der Waals surface area (Å²) in [4.78, 5) is 4.91. The monoisotopic (exact) mass is 414 g/mol. The van der Waals surface area contributed by atoms with Gasteiger partial charge in [-0.15, -0.1) is 11.8 Å². The zero-order valence-corrected chi connectivity index (χ0v) is 16.3. The Morgan fingerprint density at radius 3 is 2.63 bits per heavy atom. The number of rotatable bonds is 4. The molecule has 0 aliphatic heterocycles. The second-order valence-electron chi connectivity index (χ2n) is 5.82. The maximum atomic E-state index is 9.46. The molecule has 0 bridgehead atoms. The Morgan fingerprint density at radius 2 is 1.96 bits per heavy atom. The highest BCUT2D eigenvalue weighted by atomic mass is 35.5. The van der Waals surface area contributed by atoms with Crippen molar-refractivity contribution >= 4 is 40.5 Å².